The van der Waals surface area contributed by atoms with Crippen LogP contribution in [-0.4, -0.2) is 25.2 Å². The minimum atomic E-state index is -0.246. The quantitative estimate of drug-likeness (QED) is 0.869. The van der Waals surface area contributed by atoms with Gasteiger partial charge in [0.1, 0.15) is 5.82 Å². The molecule has 4 heteroatoms. The van der Waals surface area contributed by atoms with Crippen molar-refractivity contribution in [3.63, 3.8) is 0 Å². The summed E-state index contributed by atoms with van der Waals surface area (Å²) in [6.45, 7) is 1.35. The van der Waals surface area contributed by atoms with Crippen molar-refractivity contribution in [2.75, 3.05) is 13.2 Å². The molecule has 18 heavy (non-hydrogen) atoms. The van der Waals surface area contributed by atoms with Gasteiger partial charge in [0.25, 0.3) is 0 Å². The number of ether oxygens (including phenoxy) is 1. The molecule has 1 N–H and O–H groups in total. The second-order valence-corrected chi connectivity index (χ2v) is 4.53. The number of amides is 1. The zero-order valence-electron chi connectivity index (χ0n) is 10.3. The van der Waals surface area contributed by atoms with Crippen LogP contribution in [0.3, 0.4) is 0 Å². The lowest BCUT2D eigenvalue weighted by Crippen LogP contribution is -2.31. The van der Waals surface area contributed by atoms with Crippen LogP contribution in [0.1, 0.15) is 24.8 Å². The lowest BCUT2D eigenvalue weighted by molar-refractivity contribution is -0.121. The summed E-state index contributed by atoms with van der Waals surface area (Å²) in [5.74, 6) is -0.293. The Bertz CT molecular complexity index is 403. The normalized spacial score (nSPS) is 18.8. The van der Waals surface area contributed by atoms with E-state index in [1.54, 1.807) is 18.2 Å². The third-order valence-electron chi connectivity index (χ3n) is 3.13. The third kappa shape index (κ3) is 3.81. The molecule has 1 atom stereocenters. The molecule has 1 aromatic rings. The third-order valence-corrected chi connectivity index (χ3v) is 3.13. The van der Waals surface area contributed by atoms with E-state index in [1.807, 2.05) is 0 Å². The van der Waals surface area contributed by atoms with Gasteiger partial charge in [-0.05, 0) is 30.9 Å². The molecule has 0 spiro atoms. The fourth-order valence-corrected chi connectivity index (χ4v) is 2.07. The maximum atomic E-state index is 13.3. The number of benzene rings is 1. The van der Waals surface area contributed by atoms with Gasteiger partial charge in [0.2, 0.25) is 5.91 Å². The summed E-state index contributed by atoms with van der Waals surface area (Å²) >= 11 is 0. The molecule has 2 rings (SSSR count). The van der Waals surface area contributed by atoms with Crippen LogP contribution < -0.4 is 5.32 Å². The van der Waals surface area contributed by atoms with Crippen LogP contribution in [0.2, 0.25) is 0 Å². The van der Waals surface area contributed by atoms with Gasteiger partial charge >= 0.3 is 0 Å². The number of carbonyl (C=O) groups excluding carboxylic acids is 1. The Kier molecular flexibility index (Phi) is 4.70. The van der Waals surface area contributed by atoms with E-state index in [1.165, 1.54) is 6.07 Å². The molecular formula is C14H18FNO2. The largest absolute Gasteiger partial charge is 0.376 e. The highest BCUT2D eigenvalue weighted by Gasteiger charge is 2.16. The van der Waals surface area contributed by atoms with Crippen LogP contribution >= 0.6 is 0 Å². The molecule has 3 nitrogen and oxygen atoms in total. The highest BCUT2D eigenvalue weighted by atomic mass is 19.1. The highest BCUT2D eigenvalue weighted by Crippen LogP contribution is 2.11. The van der Waals surface area contributed by atoms with Crippen molar-refractivity contribution in [1.29, 1.82) is 0 Å². The summed E-state index contributed by atoms with van der Waals surface area (Å²) in [5, 5.41) is 2.83. The average Bonchev–Trinajstić information content (AvgIpc) is 2.88. The highest BCUT2D eigenvalue weighted by molar-refractivity contribution is 5.76. The van der Waals surface area contributed by atoms with Gasteiger partial charge < -0.3 is 10.1 Å². The van der Waals surface area contributed by atoms with Gasteiger partial charge in [0, 0.05) is 19.6 Å². The number of hydrogen-bond acceptors (Lipinski definition) is 2. The summed E-state index contributed by atoms with van der Waals surface area (Å²) in [5.41, 5.74) is 0.588. The smallest absolute Gasteiger partial charge is 0.220 e. The van der Waals surface area contributed by atoms with Crippen LogP contribution in [0.4, 0.5) is 4.39 Å². The molecule has 0 aliphatic carbocycles. The fraction of sp³-hybridized carbons (Fsp3) is 0.500. The van der Waals surface area contributed by atoms with Crippen LogP contribution in [0.25, 0.3) is 0 Å². The van der Waals surface area contributed by atoms with Crippen molar-refractivity contribution < 1.29 is 13.9 Å². The topological polar surface area (TPSA) is 38.3 Å². The molecule has 1 aliphatic rings. The summed E-state index contributed by atoms with van der Waals surface area (Å²) in [6.07, 6.45) is 2.98. The zero-order chi connectivity index (χ0) is 12.8. The molecule has 0 radical (unpaired) electrons. The van der Waals surface area contributed by atoms with Crippen molar-refractivity contribution >= 4 is 5.91 Å². The van der Waals surface area contributed by atoms with E-state index in [9.17, 15) is 9.18 Å². The van der Waals surface area contributed by atoms with E-state index >= 15 is 0 Å². The lowest BCUT2D eigenvalue weighted by atomic mass is 10.1. The molecule has 1 fully saturated rings. The summed E-state index contributed by atoms with van der Waals surface area (Å²) in [6, 6.07) is 6.56. The Morgan fingerprint density at radius 3 is 3.00 bits per heavy atom. The molecular weight excluding hydrogens is 233 g/mol. The minimum Gasteiger partial charge on any atom is -0.376 e. The van der Waals surface area contributed by atoms with E-state index in [0.717, 1.165) is 19.4 Å². The average molecular weight is 251 g/mol. The van der Waals surface area contributed by atoms with Crippen molar-refractivity contribution in [3.8, 4) is 0 Å². The summed E-state index contributed by atoms with van der Waals surface area (Å²) in [7, 11) is 0. The molecule has 1 heterocycles. The van der Waals surface area contributed by atoms with E-state index in [0.29, 0.717) is 24.9 Å². The second kappa shape index (κ2) is 6.50. The number of carbonyl (C=O) groups is 1. The lowest BCUT2D eigenvalue weighted by Gasteiger charge is -2.10. The Balaban J connectivity index is 1.69. The molecule has 1 unspecified atom stereocenters. The molecule has 1 amide bonds. The van der Waals surface area contributed by atoms with Gasteiger partial charge in [-0.3, -0.25) is 4.79 Å². The SMILES string of the molecule is O=C(CCc1ccccc1F)NCC1CCCO1. The molecule has 0 aromatic heterocycles. The Morgan fingerprint density at radius 2 is 2.28 bits per heavy atom. The van der Waals surface area contributed by atoms with Crippen molar-refractivity contribution in [2.45, 2.75) is 31.8 Å². The van der Waals surface area contributed by atoms with Crippen LogP contribution in [0, 0.1) is 5.82 Å². The van der Waals surface area contributed by atoms with Gasteiger partial charge in [-0.1, -0.05) is 18.2 Å². The van der Waals surface area contributed by atoms with E-state index in [4.69, 9.17) is 4.74 Å². The zero-order valence-corrected chi connectivity index (χ0v) is 10.3. The predicted molar refractivity (Wildman–Crippen MR) is 66.7 cm³/mol. The Labute approximate surface area is 106 Å². The standard InChI is InChI=1S/C14H18FNO2/c15-13-6-2-1-4-11(13)7-8-14(17)16-10-12-5-3-9-18-12/h1-2,4,6,12H,3,5,7-10H2,(H,16,17). The number of nitrogens with one attached hydrogen (secondary N) is 1. The van der Waals surface area contributed by atoms with E-state index < -0.39 is 0 Å². The number of hydrogen-bond donors (Lipinski definition) is 1. The molecule has 98 valence electrons. The minimum absolute atomic E-state index is 0.0475. The molecule has 1 aromatic carbocycles. The first kappa shape index (κ1) is 13.0. The van der Waals surface area contributed by atoms with Crippen LogP contribution in [0.15, 0.2) is 24.3 Å². The Morgan fingerprint density at radius 1 is 1.44 bits per heavy atom. The van der Waals surface area contributed by atoms with Crippen molar-refractivity contribution in [2.24, 2.45) is 0 Å². The first-order valence-electron chi connectivity index (χ1n) is 6.37. The summed E-state index contributed by atoms with van der Waals surface area (Å²) in [4.78, 5) is 11.6. The second-order valence-electron chi connectivity index (χ2n) is 4.53. The van der Waals surface area contributed by atoms with Gasteiger partial charge in [0.05, 0.1) is 6.10 Å². The van der Waals surface area contributed by atoms with Crippen LogP contribution in [-0.2, 0) is 16.0 Å². The van der Waals surface area contributed by atoms with E-state index in [-0.39, 0.29) is 17.8 Å². The maximum absolute atomic E-state index is 13.3. The number of halogens is 1. The maximum Gasteiger partial charge on any atom is 0.220 e. The number of rotatable bonds is 5. The van der Waals surface area contributed by atoms with Crippen molar-refractivity contribution in [3.05, 3.63) is 35.6 Å². The molecule has 1 aliphatic heterocycles. The monoisotopic (exact) mass is 251 g/mol. The summed E-state index contributed by atoms with van der Waals surface area (Å²) < 4.78 is 18.7. The molecule has 0 saturated carbocycles. The van der Waals surface area contributed by atoms with Crippen LogP contribution in [0.5, 0.6) is 0 Å². The van der Waals surface area contributed by atoms with E-state index in [2.05, 4.69) is 5.32 Å². The van der Waals surface area contributed by atoms with Crippen molar-refractivity contribution in [1.82, 2.24) is 5.32 Å². The first-order valence-corrected chi connectivity index (χ1v) is 6.37. The fourth-order valence-electron chi connectivity index (χ4n) is 2.07. The van der Waals surface area contributed by atoms with Gasteiger partial charge in [-0.15, -0.1) is 0 Å². The molecule has 1 saturated heterocycles. The van der Waals surface area contributed by atoms with Gasteiger partial charge in [-0.2, -0.15) is 0 Å². The Hall–Kier alpha value is -1.42. The van der Waals surface area contributed by atoms with Gasteiger partial charge in [0.15, 0.2) is 0 Å². The first-order chi connectivity index (χ1) is 8.75. The number of aryl methyl sites for hydroxylation is 1. The predicted octanol–water partition coefficient (Wildman–Crippen LogP) is 2.05. The molecule has 0 bridgehead atoms. The van der Waals surface area contributed by atoms with Gasteiger partial charge in [-0.25, -0.2) is 4.39 Å².